The van der Waals surface area contributed by atoms with Crippen molar-refractivity contribution < 1.29 is 0 Å². The van der Waals surface area contributed by atoms with Crippen molar-refractivity contribution in [2.24, 2.45) is 0 Å². The normalized spacial score (nSPS) is 13.0. The highest BCUT2D eigenvalue weighted by molar-refractivity contribution is 6.84. The maximum atomic E-state index is 6.36. The van der Waals surface area contributed by atoms with Gasteiger partial charge in [0.05, 0.1) is 8.07 Å². The largest absolute Gasteiger partial charge is 0.122 e. The van der Waals surface area contributed by atoms with Crippen molar-refractivity contribution in [2.75, 3.05) is 5.88 Å². The quantitative estimate of drug-likeness (QED) is 0.124. The Kier molecular flexibility index (Phi) is 14.2. The molecule has 0 atom stereocenters. The molecule has 0 saturated heterocycles. The third kappa shape index (κ3) is 12.4. The molecule has 0 fully saturated rings. The van der Waals surface area contributed by atoms with Crippen LogP contribution in [0.1, 0.15) is 91.4 Å². The van der Waals surface area contributed by atoms with Gasteiger partial charge in [-0.1, -0.05) is 93.9 Å². The first-order valence-corrected chi connectivity index (χ1v) is 14.3. The molecular weight excluding hydrogens is 328 g/mol. The van der Waals surface area contributed by atoms with Crippen LogP contribution < -0.4 is 0 Å². The number of rotatable bonds is 14. The lowest BCUT2D eigenvalue weighted by atomic mass is 10.0. The minimum absolute atomic E-state index is 0.747. The molecule has 24 heavy (non-hydrogen) atoms. The first kappa shape index (κ1) is 24.0. The molecule has 142 valence electrons. The van der Waals surface area contributed by atoms with Gasteiger partial charge in [0.15, 0.2) is 0 Å². The van der Waals surface area contributed by atoms with Gasteiger partial charge in [0, 0.05) is 5.88 Å². The Morgan fingerprint density at radius 1 is 0.833 bits per heavy atom. The first-order valence-electron chi connectivity index (χ1n) is 10.2. The summed E-state index contributed by atoms with van der Waals surface area (Å²) in [6.45, 7) is 14.0. The molecule has 0 aliphatic rings. The van der Waals surface area contributed by atoms with Crippen molar-refractivity contribution in [3.63, 3.8) is 0 Å². The molecule has 0 radical (unpaired) electrons. The van der Waals surface area contributed by atoms with Crippen molar-refractivity contribution in [1.29, 1.82) is 0 Å². The van der Waals surface area contributed by atoms with Crippen LogP contribution in [0.4, 0.5) is 0 Å². The third-order valence-corrected chi connectivity index (χ3v) is 7.63. The van der Waals surface area contributed by atoms with Crippen LogP contribution in [0.3, 0.4) is 0 Å². The van der Waals surface area contributed by atoms with Gasteiger partial charge in [-0.25, -0.2) is 0 Å². The summed E-state index contributed by atoms with van der Waals surface area (Å²) in [7, 11) is -1.29. The molecule has 0 bridgehead atoms. The number of alkyl halides is 1. The molecule has 0 unspecified atom stereocenters. The lowest BCUT2D eigenvalue weighted by molar-refractivity contribution is 0.572. The zero-order valence-electron chi connectivity index (χ0n) is 17.4. The van der Waals surface area contributed by atoms with Crippen LogP contribution in [0, 0.1) is 0 Å². The topological polar surface area (TPSA) is 0 Å². The van der Waals surface area contributed by atoms with Crippen molar-refractivity contribution >= 4 is 19.7 Å². The minimum Gasteiger partial charge on any atom is -0.122 e. The number of halogens is 1. The van der Waals surface area contributed by atoms with Crippen LogP contribution in [-0.2, 0) is 0 Å². The van der Waals surface area contributed by atoms with Crippen LogP contribution in [0.2, 0.25) is 19.6 Å². The zero-order valence-corrected chi connectivity index (χ0v) is 19.2. The summed E-state index contributed by atoms with van der Waals surface area (Å²) < 4.78 is 0. The van der Waals surface area contributed by atoms with Gasteiger partial charge in [0.1, 0.15) is 0 Å². The van der Waals surface area contributed by atoms with Crippen LogP contribution in [0.5, 0.6) is 0 Å². The second-order valence-electron chi connectivity index (χ2n) is 8.51. The van der Waals surface area contributed by atoms with E-state index in [2.05, 4.69) is 46.5 Å². The SMILES string of the molecule is CCCCCCCCCC/C(CCC=C(C)C)=C(/CCl)[Si](C)(C)C. The van der Waals surface area contributed by atoms with E-state index in [9.17, 15) is 0 Å². The summed E-state index contributed by atoms with van der Waals surface area (Å²) in [5.41, 5.74) is 3.12. The minimum atomic E-state index is -1.29. The van der Waals surface area contributed by atoms with E-state index < -0.39 is 8.07 Å². The van der Waals surface area contributed by atoms with E-state index in [1.54, 1.807) is 10.8 Å². The van der Waals surface area contributed by atoms with E-state index in [4.69, 9.17) is 11.6 Å². The maximum Gasteiger partial charge on any atom is 0.0739 e. The second-order valence-corrected chi connectivity index (χ2v) is 13.9. The van der Waals surface area contributed by atoms with E-state index in [0.717, 1.165) is 5.88 Å². The smallest absolute Gasteiger partial charge is 0.0739 e. The third-order valence-electron chi connectivity index (χ3n) is 4.80. The molecule has 0 aromatic heterocycles. The number of hydrogen-bond acceptors (Lipinski definition) is 0. The van der Waals surface area contributed by atoms with Gasteiger partial charge in [-0.2, -0.15) is 0 Å². The van der Waals surface area contributed by atoms with Gasteiger partial charge in [-0.15, -0.1) is 11.6 Å². The fraction of sp³-hybridized carbons (Fsp3) is 0.818. The van der Waals surface area contributed by atoms with Gasteiger partial charge >= 0.3 is 0 Å². The monoisotopic (exact) mass is 370 g/mol. The second kappa shape index (κ2) is 14.2. The summed E-state index contributed by atoms with van der Waals surface area (Å²) in [4.78, 5) is 0. The Hall–Kier alpha value is -0.0131. The van der Waals surface area contributed by atoms with Crippen LogP contribution in [-0.4, -0.2) is 14.0 Å². The highest BCUT2D eigenvalue weighted by Gasteiger charge is 2.22. The first-order chi connectivity index (χ1) is 11.3. The molecule has 0 rings (SSSR count). The average Bonchev–Trinajstić information content (AvgIpc) is 2.48. The van der Waals surface area contributed by atoms with Crippen LogP contribution in [0.15, 0.2) is 22.4 Å². The zero-order chi connectivity index (χ0) is 18.4. The highest BCUT2D eigenvalue weighted by Crippen LogP contribution is 2.27. The fourth-order valence-electron chi connectivity index (χ4n) is 3.26. The van der Waals surface area contributed by atoms with E-state index in [-0.39, 0.29) is 0 Å². The molecule has 0 aromatic carbocycles. The predicted octanol–water partition coefficient (Wildman–Crippen LogP) is 8.68. The molecule has 0 aromatic rings. The Labute approximate surface area is 159 Å². The maximum absolute atomic E-state index is 6.36. The Morgan fingerprint density at radius 2 is 1.38 bits per heavy atom. The Morgan fingerprint density at radius 3 is 1.83 bits per heavy atom. The molecular formula is C22H43ClSi. The molecule has 0 spiro atoms. The predicted molar refractivity (Wildman–Crippen MR) is 117 cm³/mol. The van der Waals surface area contributed by atoms with E-state index in [1.165, 1.54) is 76.2 Å². The summed E-state index contributed by atoms with van der Waals surface area (Å²) in [6.07, 6.45) is 17.2. The Bertz CT molecular complexity index is 370. The van der Waals surface area contributed by atoms with Gasteiger partial charge in [-0.05, 0) is 39.5 Å². The van der Waals surface area contributed by atoms with Gasteiger partial charge < -0.3 is 0 Å². The van der Waals surface area contributed by atoms with Crippen molar-refractivity contribution in [2.45, 2.75) is 111 Å². The lowest BCUT2D eigenvalue weighted by Gasteiger charge is -2.24. The lowest BCUT2D eigenvalue weighted by Crippen LogP contribution is -2.27. The molecule has 2 heteroatoms. The molecule has 0 nitrogen and oxygen atoms in total. The van der Waals surface area contributed by atoms with Crippen molar-refractivity contribution in [3.8, 4) is 0 Å². The molecule has 0 saturated carbocycles. The van der Waals surface area contributed by atoms with Crippen LogP contribution >= 0.6 is 11.6 Å². The molecule has 0 amide bonds. The Balaban J connectivity index is 4.45. The van der Waals surface area contributed by atoms with Crippen molar-refractivity contribution in [1.82, 2.24) is 0 Å². The molecule has 0 N–H and O–H groups in total. The summed E-state index contributed by atoms with van der Waals surface area (Å²) >= 11 is 6.36. The van der Waals surface area contributed by atoms with Crippen molar-refractivity contribution in [3.05, 3.63) is 22.4 Å². The molecule has 0 aliphatic heterocycles. The van der Waals surface area contributed by atoms with E-state index >= 15 is 0 Å². The highest BCUT2D eigenvalue weighted by atomic mass is 35.5. The van der Waals surface area contributed by atoms with E-state index in [0.29, 0.717) is 0 Å². The number of unbranched alkanes of at least 4 members (excludes halogenated alkanes) is 7. The fourth-order valence-corrected chi connectivity index (χ4v) is 6.36. The van der Waals surface area contributed by atoms with Gasteiger partial charge in [-0.3, -0.25) is 0 Å². The van der Waals surface area contributed by atoms with E-state index in [1.807, 2.05) is 0 Å². The summed E-state index contributed by atoms with van der Waals surface area (Å²) in [5, 5.41) is 1.62. The van der Waals surface area contributed by atoms with Gasteiger partial charge in [0.2, 0.25) is 0 Å². The number of allylic oxidation sites excluding steroid dienone is 4. The summed E-state index contributed by atoms with van der Waals surface area (Å²) in [6, 6.07) is 0. The molecule has 0 aliphatic carbocycles. The summed E-state index contributed by atoms with van der Waals surface area (Å²) in [5.74, 6) is 0.747. The average molecular weight is 371 g/mol. The standard InChI is InChI=1S/C22H43ClSi/c1-7-8-9-10-11-12-13-14-17-21(18-15-16-20(2)3)22(19-23)24(4,5)6/h16H,7-15,17-19H2,1-6H3/b22-21+. The number of hydrogen-bond donors (Lipinski definition) is 0. The van der Waals surface area contributed by atoms with Gasteiger partial charge in [0.25, 0.3) is 0 Å². The molecule has 0 heterocycles. The van der Waals surface area contributed by atoms with Crippen LogP contribution in [0.25, 0.3) is 0 Å².